The standard InChI is InChI=1S/C49H67N5O18/c55-42(14-20-53-44(57)10-11-45(53)58)52-19-25-66-29-33-70-36-34-67-30-26-63-22-15-43(56)51-17-1-21-71-41-8-4-39(5-9-41)49(62)38-2-6-40(7-3-38)50-18-24-65-28-32-69-37-35-68-31-27-64-23-16-48(61)72-54-46(59)12-13-47(54)60/h2-13,50,59-60H,1,14-37H2,(H,51,56)(H,52,55). The zero-order chi connectivity index (χ0) is 51.4. The number of nitrogens with zero attached hydrogens (tertiary/aromatic N) is 2. The first-order chi connectivity index (χ1) is 35.1. The van der Waals surface area contributed by atoms with Gasteiger partial charge in [-0.15, -0.1) is 4.73 Å². The molecule has 1 aliphatic heterocycles. The van der Waals surface area contributed by atoms with Gasteiger partial charge in [0.05, 0.1) is 119 Å². The Morgan fingerprint density at radius 3 is 1.46 bits per heavy atom. The molecule has 4 amide bonds. The van der Waals surface area contributed by atoms with Gasteiger partial charge in [0.15, 0.2) is 5.78 Å². The molecule has 0 aliphatic carbocycles. The van der Waals surface area contributed by atoms with Gasteiger partial charge in [0, 0.05) is 80.1 Å². The lowest BCUT2D eigenvalue weighted by Crippen LogP contribution is -2.35. The van der Waals surface area contributed by atoms with Gasteiger partial charge in [-0.1, -0.05) is 0 Å². The lowest BCUT2D eigenvalue weighted by molar-refractivity contribution is -0.147. The normalized spacial score (nSPS) is 12.1. The highest BCUT2D eigenvalue weighted by molar-refractivity contribution is 6.13. The van der Waals surface area contributed by atoms with Crippen LogP contribution in [0.25, 0.3) is 0 Å². The van der Waals surface area contributed by atoms with E-state index in [-0.39, 0.29) is 63.2 Å². The molecule has 5 N–H and O–H groups in total. The van der Waals surface area contributed by atoms with Crippen molar-refractivity contribution in [3.05, 3.63) is 83.9 Å². The first kappa shape index (κ1) is 58.1. The van der Waals surface area contributed by atoms with Gasteiger partial charge in [0.2, 0.25) is 23.6 Å². The smallest absolute Gasteiger partial charge is 0.335 e. The second-order valence-corrected chi connectivity index (χ2v) is 15.4. The molecular weight excluding hydrogens is 947 g/mol. The molecular formula is C49H67N5O18. The van der Waals surface area contributed by atoms with Gasteiger partial charge in [-0.05, 0) is 55.0 Å². The Kier molecular flexibility index (Phi) is 28.8. The summed E-state index contributed by atoms with van der Waals surface area (Å²) < 4.78 is 50.0. The number of rotatable bonds is 42. The number of carbonyl (C=O) groups is 6. The molecule has 4 rings (SSSR count). The van der Waals surface area contributed by atoms with Crippen molar-refractivity contribution in [2.45, 2.75) is 25.7 Å². The van der Waals surface area contributed by atoms with Gasteiger partial charge in [-0.25, -0.2) is 4.79 Å². The largest absolute Gasteiger partial charge is 0.494 e. The van der Waals surface area contributed by atoms with Crippen LogP contribution in [0.3, 0.4) is 0 Å². The molecule has 396 valence electrons. The maximum atomic E-state index is 13.1. The predicted octanol–water partition coefficient (Wildman–Crippen LogP) is 1.43. The van der Waals surface area contributed by atoms with E-state index in [1.54, 1.807) is 36.4 Å². The van der Waals surface area contributed by atoms with Crippen molar-refractivity contribution < 1.29 is 86.4 Å². The number of hydrogen-bond donors (Lipinski definition) is 5. The Labute approximate surface area is 417 Å². The average molecular weight is 1010 g/mol. The lowest BCUT2D eigenvalue weighted by atomic mass is 10.0. The van der Waals surface area contributed by atoms with E-state index < -0.39 is 29.5 Å². The van der Waals surface area contributed by atoms with E-state index >= 15 is 0 Å². The number of carbonyl (C=O) groups excluding carboxylic acids is 6. The SMILES string of the molecule is O=C(CCOCCOCCOCCOCCNC(=O)CCN1C(=O)C=CC1=O)NCCCOc1ccc(C(=O)c2ccc(NCCOCCOCCOCCOCCC(=O)On3c(O)ccc3O)cc2)cc1. The first-order valence-electron chi connectivity index (χ1n) is 23.7. The van der Waals surface area contributed by atoms with Crippen LogP contribution < -0.4 is 25.5 Å². The summed E-state index contributed by atoms with van der Waals surface area (Å²) in [6.07, 6.45) is 3.14. The summed E-state index contributed by atoms with van der Waals surface area (Å²) in [5.41, 5.74) is 1.94. The van der Waals surface area contributed by atoms with Crippen LogP contribution >= 0.6 is 0 Å². The van der Waals surface area contributed by atoms with Crippen LogP contribution in [0.2, 0.25) is 0 Å². The number of nitrogens with one attached hydrogen (secondary N) is 3. The lowest BCUT2D eigenvalue weighted by Gasteiger charge is -2.13. The van der Waals surface area contributed by atoms with E-state index in [1.165, 1.54) is 24.3 Å². The number of anilines is 1. The van der Waals surface area contributed by atoms with Crippen molar-refractivity contribution in [1.82, 2.24) is 20.3 Å². The number of hydrogen-bond acceptors (Lipinski definition) is 19. The Hall–Kier alpha value is -6.44. The Balaban J connectivity index is 0.868. The van der Waals surface area contributed by atoms with Crippen LogP contribution in [0.1, 0.15) is 41.6 Å². The number of aromatic nitrogens is 1. The highest BCUT2D eigenvalue weighted by atomic mass is 16.7. The van der Waals surface area contributed by atoms with E-state index in [4.69, 9.17) is 47.5 Å². The van der Waals surface area contributed by atoms with E-state index in [0.717, 1.165) is 10.6 Å². The molecule has 1 aliphatic rings. The van der Waals surface area contributed by atoms with Gasteiger partial charge < -0.3 is 73.6 Å². The Morgan fingerprint density at radius 1 is 0.472 bits per heavy atom. The highest BCUT2D eigenvalue weighted by Gasteiger charge is 2.23. The molecule has 1 aromatic heterocycles. The predicted molar refractivity (Wildman–Crippen MR) is 257 cm³/mol. The van der Waals surface area contributed by atoms with Crippen molar-refractivity contribution in [2.24, 2.45) is 0 Å². The number of aromatic hydroxyl groups is 2. The van der Waals surface area contributed by atoms with Crippen LogP contribution in [-0.4, -0.2) is 194 Å². The minimum Gasteiger partial charge on any atom is -0.494 e. The van der Waals surface area contributed by atoms with Crippen LogP contribution in [0.4, 0.5) is 5.69 Å². The summed E-state index contributed by atoms with van der Waals surface area (Å²) in [4.78, 5) is 77.6. The maximum Gasteiger partial charge on any atom is 0.335 e. The van der Waals surface area contributed by atoms with Gasteiger partial charge >= 0.3 is 5.97 Å². The van der Waals surface area contributed by atoms with Crippen molar-refractivity contribution in [1.29, 1.82) is 0 Å². The number of imide groups is 1. The van der Waals surface area contributed by atoms with Crippen LogP contribution in [0.5, 0.6) is 17.5 Å². The van der Waals surface area contributed by atoms with E-state index in [9.17, 15) is 39.0 Å². The molecule has 0 radical (unpaired) electrons. The molecule has 0 atom stereocenters. The second kappa shape index (κ2) is 35.6. The number of benzene rings is 2. The summed E-state index contributed by atoms with van der Waals surface area (Å²) in [7, 11) is 0. The molecule has 0 saturated heterocycles. The monoisotopic (exact) mass is 1010 g/mol. The fraction of sp³-hybridized carbons (Fsp3) is 0.510. The van der Waals surface area contributed by atoms with Crippen molar-refractivity contribution in [2.75, 3.05) is 144 Å². The topological polar surface area (TPSA) is 279 Å². The van der Waals surface area contributed by atoms with E-state index in [1.807, 2.05) is 12.1 Å². The van der Waals surface area contributed by atoms with Crippen LogP contribution in [0, 0.1) is 0 Å². The van der Waals surface area contributed by atoms with Crippen LogP contribution in [-0.2, 0) is 61.9 Å². The summed E-state index contributed by atoms with van der Waals surface area (Å²) in [6, 6.07) is 16.5. The van der Waals surface area contributed by atoms with E-state index in [0.29, 0.717) is 140 Å². The first-order valence-corrected chi connectivity index (χ1v) is 23.7. The van der Waals surface area contributed by atoms with E-state index in [2.05, 4.69) is 16.0 Å². The van der Waals surface area contributed by atoms with Crippen molar-refractivity contribution >= 4 is 41.1 Å². The molecule has 0 spiro atoms. The zero-order valence-electron chi connectivity index (χ0n) is 40.4. The molecule has 0 fully saturated rings. The molecule has 0 saturated carbocycles. The molecule has 0 bridgehead atoms. The zero-order valence-corrected chi connectivity index (χ0v) is 40.4. The molecule has 23 heteroatoms. The fourth-order valence-electron chi connectivity index (χ4n) is 6.16. The van der Waals surface area contributed by atoms with Gasteiger partial charge in [0.1, 0.15) is 5.75 Å². The maximum absolute atomic E-state index is 13.1. The minimum atomic E-state index is -0.676. The minimum absolute atomic E-state index is 0.0284. The highest BCUT2D eigenvalue weighted by Crippen LogP contribution is 2.19. The quantitative estimate of drug-likeness (QED) is 0.0305. The van der Waals surface area contributed by atoms with Crippen molar-refractivity contribution in [3.8, 4) is 17.5 Å². The van der Waals surface area contributed by atoms with Crippen molar-refractivity contribution in [3.63, 3.8) is 0 Å². The Bertz CT molecular complexity index is 2060. The number of amides is 4. The third-order valence-electron chi connectivity index (χ3n) is 9.93. The Morgan fingerprint density at radius 2 is 0.917 bits per heavy atom. The summed E-state index contributed by atoms with van der Waals surface area (Å²) >= 11 is 0. The second-order valence-electron chi connectivity index (χ2n) is 15.4. The molecule has 0 unspecified atom stereocenters. The van der Waals surface area contributed by atoms with Crippen LogP contribution in [0.15, 0.2) is 72.8 Å². The molecule has 3 aromatic rings. The van der Waals surface area contributed by atoms with Gasteiger partial charge in [0.25, 0.3) is 11.8 Å². The van der Waals surface area contributed by atoms with Gasteiger partial charge in [-0.2, -0.15) is 0 Å². The number of ketones is 1. The molecule has 23 nitrogen and oxygen atoms in total. The average Bonchev–Trinajstić information content (AvgIpc) is 3.88. The summed E-state index contributed by atoms with van der Waals surface area (Å²) in [5, 5.41) is 27.7. The molecule has 72 heavy (non-hydrogen) atoms. The number of ether oxygens (including phenoxy) is 9. The summed E-state index contributed by atoms with van der Waals surface area (Å²) in [6.45, 7) is 7.19. The third kappa shape index (κ3) is 24.6. The summed E-state index contributed by atoms with van der Waals surface area (Å²) in [5.74, 6) is -2.19. The van der Waals surface area contributed by atoms with Gasteiger partial charge in [-0.3, -0.25) is 28.9 Å². The molecule has 2 heterocycles. The molecule has 2 aromatic carbocycles. The fourth-order valence-corrected chi connectivity index (χ4v) is 6.16. The third-order valence-corrected chi connectivity index (χ3v) is 9.93.